The second-order valence-electron chi connectivity index (χ2n) is 4.27. The first-order valence-corrected chi connectivity index (χ1v) is 5.39. The molecule has 0 aromatic heterocycles. The minimum Gasteiger partial charge on any atom is -0.392 e. The van der Waals surface area contributed by atoms with Gasteiger partial charge in [-0.05, 0) is 32.1 Å². The normalized spacial score (nSPS) is 14.9. The molecule has 0 fully saturated rings. The molecular weight excluding hydrogens is 176 g/mol. The first kappa shape index (κ1) is 13.7. The molecule has 2 heteroatoms. The molecule has 0 aromatic rings. The van der Waals surface area contributed by atoms with Crippen LogP contribution < -0.4 is 0 Å². The number of methoxy groups -OCH3 is 1. The van der Waals surface area contributed by atoms with Gasteiger partial charge < -0.3 is 9.84 Å². The molecule has 0 spiro atoms. The maximum atomic E-state index is 8.83. The zero-order chi connectivity index (χ0) is 11.0. The van der Waals surface area contributed by atoms with Gasteiger partial charge in [-0.25, -0.2) is 0 Å². The van der Waals surface area contributed by atoms with Crippen molar-refractivity contribution in [3.8, 4) is 0 Å². The van der Waals surface area contributed by atoms with Crippen molar-refractivity contribution in [1.82, 2.24) is 0 Å². The predicted molar refractivity (Wildman–Crippen MR) is 60.3 cm³/mol. The Morgan fingerprint density at radius 2 is 2.00 bits per heavy atom. The van der Waals surface area contributed by atoms with Crippen LogP contribution in [0, 0.1) is 5.92 Å². The molecule has 1 unspecified atom stereocenters. The standard InChI is InChI=1S/C12H24O2/c1-10(2)5-7-12(14-4)8-6-11(3)9-13/h6,10,12-13H,5,7-9H2,1-4H3/b11-6+. The Balaban J connectivity index is 3.79. The second kappa shape index (κ2) is 8.01. The third-order valence-electron chi connectivity index (χ3n) is 2.38. The van der Waals surface area contributed by atoms with Crippen LogP contribution in [0.15, 0.2) is 11.6 Å². The third kappa shape index (κ3) is 7.10. The highest BCUT2D eigenvalue weighted by molar-refractivity contribution is 4.98. The number of aliphatic hydroxyl groups excluding tert-OH is 1. The van der Waals surface area contributed by atoms with Crippen molar-refractivity contribution in [2.45, 2.75) is 46.1 Å². The van der Waals surface area contributed by atoms with Crippen LogP contribution in [-0.4, -0.2) is 24.9 Å². The van der Waals surface area contributed by atoms with Gasteiger partial charge in [-0.3, -0.25) is 0 Å². The lowest BCUT2D eigenvalue weighted by Gasteiger charge is -2.14. The summed E-state index contributed by atoms with van der Waals surface area (Å²) in [6.45, 7) is 6.54. The molecule has 0 rings (SSSR count). The molecule has 1 atom stereocenters. The van der Waals surface area contributed by atoms with Gasteiger partial charge in [-0.2, -0.15) is 0 Å². The maximum Gasteiger partial charge on any atom is 0.0639 e. The van der Waals surface area contributed by atoms with Crippen LogP contribution in [0.2, 0.25) is 0 Å². The zero-order valence-electron chi connectivity index (χ0n) is 9.92. The average molecular weight is 200 g/mol. The van der Waals surface area contributed by atoms with E-state index in [9.17, 15) is 0 Å². The monoisotopic (exact) mass is 200 g/mol. The molecule has 0 aromatic carbocycles. The van der Waals surface area contributed by atoms with E-state index < -0.39 is 0 Å². The van der Waals surface area contributed by atoms with E-state index in [0.717, 1.165) is 24.3 Å². The summed E-state index contributed by atoms with van der Waals surface area (Å²) in [5.41, 5.74) is 1.02. The van der Waals surface area contributed by atoms with Gasteiger partial charge in [-0.15, -0.1) is 0 Å². The Morgan fingerprint density at radius 1 is 1.36 bits per heavy atom. The van der Waals surface area contributed by atoms with Crippen molar-refractivity contribution in [2.24, 2.45) is 5.92 Å². The number of aliphatic hydroxyl groups is 1. The Hall–Kier alpha value is -0.340. The molecule has 0 aliphatic carbocycles. The lowest BCUT2D eigenvalue weighted by atomic mass is 10.0. The van der Waals surface area contributed by atoms with E-state index in [1.807, 2.05) is 6.92 Å². The van der Waals surface area contributed by atoms with Gasteiger partial charge in [0.2, 0.25) is 0 Å². The van der Waals surface area contributed by atoms with E-state index in [2.05, 4.69) is 19.9 Å². The number of hydrogen-bond donors (Lipinski definition) is 1. The highest BCUT2D eigenvalue weighted by atomic mass is 16.5. The van der Waals surface area contributed by atoms with Crippen molar-refractivity contribution >= 4 is 0 Å². The summed E-state index contributed by atoms with van der Waals surface area (Å²) in [4.78, 5) is 0. The van der Waals surface area contributed by atoms with Gasteiger partial charge in [-0.1, -0.05) is 25.5 Å². The van der Waals surface area contributed by atoms with E-state index in [4.69, 9.17) is 9.84 Å². The van der Waals surface area contributed by atoms with Crippen molar-refractivity contribution in [3.05, 3.63) is 11.6 Å². The van der Waals surface area contributed by atoms with Gasteiger partial charge >= 0.3 is 0 Å². The van der Waals surface area contributed by atoms with Gasteiger partial charge in [0.05, 0.1) is 12.7 Å². The topological polar surface area (TPSA) is 29.5 Å². The molecule has 0 amide bonds. The largest absolute Gasteiger partial charge is 0.392 e. The molecule has 2 nitrogen and oxygen atoms in total. The molecule has 0 saturated carbocycles. The summed E-state index contributed by atoms with van der Waals surface area (Å²) >= 11 is 0. The molecule has 0 saturated heterocycles. The van der Waals surface area contributed by atoms with Gasteiger partial charge in [0, 0.05) is 7.11 Å². The Morgan fingerprint density at radius 3 is 2.43 bits per heavy atom. The lowest BCUT2D eigenvalue weighted by Crippen LogP contribution is -2.10. The molecule has 0 bridgehead atoms. The van der Waals surface area contributed by atoms with E-state index in [0.29, 0.717) is 6.10 Å². The van der Waals surface area contributed by atoms with Gasteiger partial charge in [0.25, 0.3) is 0 Å². The van der Waals surface area contributed by atoms with Crippen LogP contribution in [0.1, 0.15) is 40.0 Å². The highest BCUT2D eigenvalue weighted by Crippen LogP contribution is 2.12. The van der Waals surface area contributed by atoms with Crippen molar-refractivity contribution in [3.63, 3.8) is 0 Å². The third-order valence-corrected chi connectivity index (χ3v) is 2.38. The highest BCUT2D eigenvalue weighted by Gasteiger charge is 2.06. The van der Waals surface area contributed by atoms with Crippen molar-refractivity contribution in [1.29, 1.82) is 0 Å². The molecule has 14 heavy (non-hydrogen) atoms. The Bertz CT molecular complexity index is 162. The molecule has 0 aliphatic heterocycles. The van der Waals surface area contributed by atoms with E-state index in [1.165, 1.54) is 6.42 Å². The number of hydrogen-bond acceptors (Lipinski definition) is 2. The first-order valence-electron chi connectivity index (χ1n) is 5.39. The minimum absolute atomic E-state index is 0.153. The average Bonchev–Trinajstić information content (AvgIpc) is 2.17. The Kier molecular flexibility index (Phi) is 7.81. The first-order chi connectivity index (χ1) is 6.60. The summed E-state index contributed by atoms with van der Waals surface area (Å²) in [7, 11) is 1.76. The summed E-state index contributed by atoms with van der Waals surface area (Å²) in [6.07, 6.45) is 5.58. The molecule has 0 heterocycles. The van der Waals surface area contributed by atoms with Crippen LogP contribution in [0.5, 0.6) is 0 Å². The van der Waals surface area contributed by atoms with Crippen LogP contribution in [-0.2, 0) is 4.74 Å². The zero-order valence-corrected chi connectivity index (χ0v) is 9.92. The van der Waals surface area contributed by atoms with E-state index in [-0.39, 0.29) is 6.61 Å². The minimum atomic E-state index is 0.153. The SMILES string of the molecule is COC(C/C=C(\C)CO)CCC(C)C. The predicted octanol–water partition coefficient (Wildman–Crippen LogP) is 2.77. The second-order valence-corrected chi connectivity index (χ2v) is 4.27. The van der Waals surface area contributed by atoms with Gasteiger partial charge in [0.15, 0.2) is 0 Å². The Labute approximate surface area is 88.0 Å². The van der Waals surface area contributed by atoms with Crippen LogP contribution in [0.4, 0.5) is 0 Å². The number of ether oxygens (including phenoxy) is 1. The quantitative estimate of drug-likeness (QED) is 0.640. The summed E-state index contributed by atoms with van der Waals surface area (Å²) in [5.74, 6) is 0.732. The number of rotatable bonds is 7. The molecule has 0 radical (unpaired) electrons. The molecule has 1 N–H and O–H groups in total. The van der Waals surface area contributed by atoms with E-state index >= 15 is 0 Å². The fourth-order valence-electron chi connectivity index (χ4n) is 1.25. The summed E-state index contributed by atoms with van der Waals surface area (Å²) < 4.78 is 5.37. The smallest absolute Gasteiger partial charge is 0.0639 e. The lowest BCUT2D eigenvalue weighted by molar-refractivity contribution is 0.0925. The van der Waals surface area contributed by atoms with Crippen LogP contribution in [0.3, 0.4) is 0 Å². The fourth-order valence-corrected chi connectivity index (χ4v) is 1.25. The molecular formula is C12H24O2. The molecule has 0 aliphatic rings. The summed E-state index contributed by atoms with van der Waals surface area (Å²) in [5, 5.41) is 8.83. The van der Waals surface area contributed by atoms with Gasteiger partial charge in [0.1, 0.15) is 0 Å². The maximum absolute atomic E-state index is 8.83. The summed E-state index contributed by atoms with van der Waals surface area (Å²) in [6, 6.07) is 0. The fraction of sp³-hybridized carbons (Fsp3) is 0.833. The molecule has 84 valence electrons. The van der Waals surface area contributed by atoms with E-state index in [1.54, 1.807) is 7.11 Å². The van der Waals surface area contributed by atoms with Crippen LogP contribution >= 0.6 is 0 Å². The van der Waals surface area contributed by atoms with Crippen LogP contribution in [0.25, 0.3) is 0 Å². The van der Waals surface area contributed by atoms with Crippen molar-refractivity contribution in [2.75, 3.05) is 13.7 Å². The van der Waals surface area contributed by atoms with Crippen molar-refractivity contribution < 1.29 is 9.84 Å².